The van der Waals surface area contributed by atoms with Gasteiger partial charge in [-0.1, -0.05) is 0 Å². The van der Waals surface area contributed by atoms with Crippen LogP contribution in [0, 0.1) is 0 Å². The van der Waals surface area contributed by atoms with E-state index in [0.717, 1.165) is 105 Å². The molecule has 0 aromatic heterocycles. The lowest BCUT2D eigenvalue weighted by molar-refractivity contribution is -0.158. The highest BCUT2D eigenvalue weighted by Gasteiger charge is 2.30. The van der Waals surface area contributed by atoms with Crippen LogP contribution in [0.3, 0.4) is 0 Å². The van der Waals surface area contributed by atoms with Crippen LogP contribution in [-0.4, -0.2) is 426 Å². The minimum atomic E-state index is -0.616. The average molecular weight is 1650 g/mol. The topological polar surface area (TPSA) is 379 Å². The lowest BCUT2D eigenvalue weighted by Crippen LogP contribution is -2.50. The van der Waals surface area contributed by atoms with E-state index < -0.39 is 33.6 Å². The molecule has 115 heavy (non-hydrogen) atoms. The van der Waals surface area contributed by atoms with Crippen LogP contribution in [0.4, 0.5) is 0 Å². The Hall–Kier alpha value is -5.45. The van der Waals surface area contributed by atoms with Crippen molar-refractivity contribution in [1.29, 1.82) is 0 Å². The van der Waals surface area contributed by atoms with Crippen molar-refractivity contribution in [1.82, 2.24) is 86.6 Å². The minimum Gasteiger partial charge on any atom is -0.465 e. The maximum atomic E-state index is 12.8. The van der Waals surface area contributed by atoms with E-state index in [2.05, 4.69) is 47.4 Å². The molecule has 4 aliphatic heterocycles. The Morgan fingerprint density at radius 3 is 0.574 bits per heavy atom. The highest BCUT2D eigenvalue weighted by Crippen LogP contribution is 2.15. The minimum absolute atomic E-state index is 0.0747. The number of hydrogen-bond acceptors (Lipinski definition) is 34. The van der Waals surface area contributed by atoms with Crippen molar-refractivity contribution < 1.29 is 81.0 Å². The fourth-order valence-electron chi connectivity index (χ4n) is 11.7. The number of carbonyl (C=O) groups is 9. The molecule has 4 aliphatic rings. The van der Waals surface area contributed by atoms with Gasteiger partial charge in [-0.15, -0.1) is 0 Å². The zero-order valence-electron chi connectivity index (χ0n) is 74.9. The van der Waals surface area contributed by atoms with E-state index >= 15 is 0 Å². The molecule has 4 rings (SSSR count). The van der Waals surface area contributed by atoms with Gasteiger partial charge in [0.1, 0.15) is 33.6 Å². The first kappa shape index (κ1) is 108. The first-order chi connectivity index (χ1) is 53.8. The number of amides is 1. The molecule has 0 atom stereocenters. The standard InChI is InChI=1S/C30H58N6O7.C30H56N4O8.C12H26N4O2.C8H20N4/c1-28(2,3)41-25(38)21-34-14-12-33(20-24(37)32-11-10-31)13-15-35(22-26(39)42-29(4,5)6)17-19-36(18-16-34)23-27(40)43-30(7,8)9;1-11-39-24(35)20-31-12-14-32(21-25(36)40-28(2,3)4)16-18-34(23-27(38)42-30(8,9)10)19-17-33(15-13-31)22-26(37)41-29(5,6)7;1-2-18-12(17)11-16-9-7-14-5-3-13-4-6-15-8-10-16;1-2-10-5-6-12-8-7-11-4-3-9-1/h10-23,31H2,1-9H3,(H,32,37);11-23H2,1-10H3;13-15H,2-11H2,1H3;9-12H,1-8H2. The second kappa shape index (κ2) is 59.3. The van der Waals surface area contributed by atoms with Gasteiger partial charge in [0.2, 0.25) is 5.91 Å². The Morgan fingerprint density at radius 1 is 0.252 bits per heavy atom. The van der Waals surface area contributed by atoms with Gasteiger partial charge in [0, 0.05) is 223 Å². The molecule has 35 heteroatoms. The average Bonchev–Trinajstić information content (AvgIpc) is 0.884. The molecule has 4 fully saturated rings. The van der Waals surface area contributed by atoms with E-state index in [0.29, 0.717) is 131 Å². The first-order valence-corrected chi connectivity index (χ1v) is 41.9. The molecule has 10 N–H and O–H groups in total. The van der Waals surface area contributed by atoms with E-state index in [1.54, 1.807) is 6.92 Å². The van der Waals surface area contributed by atoms with Gasteiger partial charge in [-0.3, -0.25) is 87.3 Å². The van der Waals surface area contributed by atoms with Crippen molar-refractivity contribution >= 4 is 53.7 Å². The van der Waals surface area contributed by atoms with Gasteiger partial charge < -0.3 is 86.2 Å². The van der Waals surface area contributed by atoms with Crippen LogP contribution in [0.5, 0.6) is 0 Å². The van der Waals surface area contributed by atoms with E-state index in [1.165, 1.54) is 0 Å². The lowest BCUT2D eigenvalue weighted by atomic mass is 10.2. The number of nitrogens with two attached hydrogens (primary N) is 1. The Bertz CT molecular complexity index is 2560. The van der Waals surface area contributed by atoms with Crippen LogP contribution < -0.4 is 48.3 Å². The van der Waals surface area contributed by atoms with Crippen LogP contribution in [0.25, 0.3) is 0 Å². The second-order valence-corrected chi connectivity index (χ2v) is 35.0. The Morgan fingerprint density at radius 2 is 0.409 bits per heavy atom. The molecule has 0 radical (unpaired) electrons. The number of nitrogens with zero attached hydrogens (tertiary/aromatic N) is 9. The number of esters is 8. The fraction of sp³-hybridized carbons (Fsp3) is 0.887. The molecule has 35 nitrogen and oxygen atoms in total. The molecule has 0 spiro atoms. The van der Waals surface area contributed by atoms with E-state index in [-0.39, 0.29) is 113 Å². The van der Waals surface area contributed by atoms with Crippen molar-refractivity contribution in [3.63, 3.8) is 0 Å². The molecular formula is C80H160N18O17. The summed E-state index contributed by atoms with van der Waals surface area (Å²) >= 11 is 0. The first-order valence-electron chi connectivity index (χ1n) is 41.9. The highest BCUT2D eigenvalue weighted by atomic mass is 16.6. The van der Waals surface area contributed by atoms with Gasteiger partial charge in [0.15, 0.2) is 0 Å². The van der Waals surface area contributed by atoms with Crippen molar-refractivity contribution in [2.24, 2.45) is 5.73 Å². The van der Waals surface area contributed by atoms with Gasteiger partial charge in [-0.2, -0.15) is 0 Å². The van der Waals surface area contributed by atoms with Crippen LogP contribution in [0.1, 0.15) is 138 Å². The highest BCUT2D eigenvalue weighted by molar-refractivity contribution is 5.78. The zero-order valence-corrected chi connectivity index (χ0v) is 74.9. The molecule has 0 saturated carbocycles. The fourth-order valence-corrected chi connectivity index (χ4v) is 11.7. The van der Waals surface area contributed by atoms with Crippen LogP contribution in [-0.2, 0) is 81.0 Å². The number of rotatable bonds is 22. The monoisotopic (exact) mass is 1650 g/mol. The SMILES string of the molecule is C1CNCCNCCNCCN1.CC(C)(C)OC(=O)CN1CCN(CC(=O)NCCN)CCN(CC(=O)OC(C)(C)C)CCN(CC(=O)OC(C)(C)C)CC1.CCOC(=O)CN1CCN(CC(=O)OC(C)(C)C)CCN(CC(=O)OC(C)(C)C)CCN(CC(=O)OC(C)(C)C)CC1.CCOC(=O)CN1CCNCCNCCNCC1. The summed E-state index contributed by atoms with van der Waals surface area (Å²) in [5, 5.41) is 26.3. The van der Waals surface area contributed by atoms with Gasteiger partial charge in [-0.05, 0) is 138 Å². The summed E-state index contributed by atoms with van der Waals surface area (Å²) in [6.07, 6.45) is 0. The number of hydrogen-bond donors (Lipinski definition) is 9. The smallest absolute Gasteiger partial charge is 0.320 e. The summed E-state index contributed by atoms with van der Waals surface area (Å²) in [5.41, 5.74) is 1.87. The third-order valence-electron chi connectivity index (χ3n) is 16.7. The summed E-state index contributed by atoms with van der Waals surface area (Å²) in [4.78, 5) is 131. The molecule has 0 aromatic carbocycles. The Kier molecular flexibility index (Phi) is 55.4. The van der Waals surface area contributed by atoms with E-state index in [9.17, 15) is 43.2 Å². The Balaban J connectivity index is 0.000000848. The van der Waals surface area contributed by atoms with Crippen molar-refractivity contribution in [2.45, 2.75) is 172 Å². The molecule has 4 heterocycles. The van der Waals surface area contributed by atoms with Crippen LogP contribution in [0.2, 0.25) is 0 Å². The van der Waals surface area contributed by atoms with Crippen molar-refractivity contribution in [3.8, 4) is 0 Å². The lowest BCUT2D eigenvalue weighted by Gasteiger charge is -2.34. The third kappa shape index (κ3) is 66.1. The van der Waals surface area contributed by atoms with Crippen molar-refractivity contribution in [3.05, 3.63) is 0 Å². The quantitative estimate of drug-likeness (QED) is 0.0468. The summed E-state index contributed by atoms with van der Waals surface area (Å²) in [5.74, 6) is -2.64. The zero-order chi connectivity index (χ0) is 86.5. The molecule has 0 aromatic rings. The van der Waals surface area contributed by atoms with Gasteiger partial charge in [0.25, 0.3) is 0 Å². The van der Waals surface area contributed by atoms with E-state index in [4.69, 9.17) is 43.6 Å². The molecule has 672 valence electrons. The van der Waals surface area contributed by atoms with Crippen LogP contribution >= 0.6 is 0 Å². The summed E-state index contributed by atoms with van der Waals surface area (Å²) < 4.78 is 43.6. The molecular weight excluding hydrogens is 1480 g/mol. The van der Waals surface area contributed by atoms with E-state index in [1.807, 2.05) is 171 Å². The molecule has 0 aliphatic carbocycles. The van der Waals surface area contributed by atoms with Crippen LogP contribution in [0.15, 0.2) is 0 Å². The third-order valence-corrected chi connectivity index (χ3v) is 16.7. The van der Waals surface area contributed by atoms with Gasteiger partial charge >= 0.3 is 47.8 Å². The number of nitrogens with one attached hydrogen (secondary N) is 8. The second-order valence-electron chi connectivity index (χ2n) is 35.0. The normalized spacial score (nSPS) is 19.0. The predicted molar refractivity (Wildman–Crippen MR) is 448 cm³/mol. The molecule has 4 saturated heterocycles. The summed E-state index contributed by atoms with van der Waals surface area (Å²) in [7, 11) is 0. The molecule has 1 amide bonds. The largest absolute Gasteiger partial charge is 0.465 e. The van der Waals surface area contributed by atoms with Crippen molar-refractivity contribution in [2.75, 3.05) is 295 Å². The number of ether oxygens (including phenoxy) is 8. The molecule has 0 bridgehead atoms. The summed E-state index contributed by atoms with van der Waals surface area (Å²) in [6, 6.07) is 0. The molecule has 0 unspecified atom stereocenters. The predicted octanol–water partition coefficient (Wildman–Crippen LogP) is -0.903. The number of carbonyl (C=O) groups excluding carboxylic acids is 9. The van der Waals surface area contributed by atoms with Gasteiger partial charge in [-0.25, -0.2) is 0 Å². The maximum absolute atomic E-state index is 12.8. The summed E-state index contributed by atoms with van der Waals surface area (Å²) in [6.45, 7) is 63.0. The Labute approximate surface area is 691 Å². The van der Waals surface area contributed by atoms with Gasteiger partial charge in [0.05, 0.1) is 72.1 Å². The maximum Gasteiger partial charge on any atom is 0.320 e.